The highest BCUT2D eigenvalue weighted by molar-refractivity contribution is 7.90. The van der Waals surface area contributed by atoms with Crippen molar-refractivity contribution < 1.29 is 32.6 Å². The van der Waals surface area contributed by atoms with Gasteiger partial charge in [-0.2, -0.15) is 0 Å². The van der Waals surface area contributed by atoms with Gasteiger partial charge in [0.25, 0.3) is 5.91 Å². The van der Waals surface area contributed by atoms with Crippen molar-refractivity contribution >= 4 is 21.7 Å². The zero-order valence-corrected chi connectivity index (χ0v) is 15.7. The van der Waals surface area contributed by atoms with E-state index in [9.17, 15) is 23.1 Å². The Labute approximate surface area is 156 Å². The molecule has 1 amide bonds. The summed E-state index contributed by atoms with van der Waals surface area (Å²) < 4.78 is 32.7. The Balaban J connectivity index is 2.29. The molecule has 0 spiro atoms. The number of ether oxygens (including phenoxy) is 2. The van der Waals surface area contributed by atoms with Crippen molar-refractivity contribution in [3.8, 4) is 11.5 Å². The number of phenols is 1. The van der Waals surface area contributed by atoms with E-state index in [1.54, 1.807) is 0 Å². The Morgan fingerprint density at radius 3 is 2.19 bits per heavy atom. The minimum Gasteiger partial charge on any atom is -0.504 e. The largest absolute Gasteiger partial charge is 0.504 e. The van der Waals surface area contributed by atoms with E-state index in [1.807, 2.05) is 0 Å². The number of sulfone groups is 1. The van der Waals surface area contributed by atoms with Gasteiger partial charge in [0.15, 0.2) is 27.4 Å². The normalized spacial score (nSPS) is 12.1. The first-order valence-corrected chi connectivity index (χ1v) is 9.62. The summed E-state index contributed by atoms with van der Waals surface area (Å²) in [7, 11) is -0.830. The van der Waals surface area contributed by atoms with Crippen LogP contribution in [-0.2, 0) is 19.4 Å². The standard InChI is InChI=1S/C18H19NO7S/c1-25-15-9-6-12(10-14(15)20)16(18(22)26-2)19-17(21)11-4-7-13(8-5-11)27(3,23)24/h4-10,16,20H,1-3H3,(H,19,21). The lowest BCUT2D eigenvalue weighted by Gasteiger charge is -2.18. The van der Waals surface area contributed by atoms with E-state index in [0.29, 0.717) is 5.56 Å². The number of carbonyl (C=O) groups is 2. The van der Waals surface area contributed by atoms with Gasteiger partial charge < -0.3 is 19.9 Å². The summed E-state index contributed by atoms with van der Waals surface area (Å²) in [5, 5.41) is 12.4. The summed E-state index contributed by atoms with van der Waals surface area (Å²) in [6.45, 7) is 0. The summed E-state index contributed by atoms with van der Waals surface area (Å²) >= 11 is 0. The van der Waals surface area contributed by atoms with Crippen LogP contribution in [0.4, 0.5) is 0 Å². The van der Waals surface area contributed by atoms with Crippen molar-refractivity contribution in [3.63, 3.8) is 0 Å². The molecule has 0 bridgehead atoms. The molecule has 144 valence electrons. The van der Waals surface area contributed by atoms with Crippen molar-refractivity contribution in [1.29, 1.82) is 0 Å². The molecule has 0 radical (unpaired) electrons. The van der Waals surface area contributed by atoms with Gasteiger partial charge in [0.2, 0.25) is 0 Å². The average Bonchev–Trinajstić information content (AvgIpc) is 2.64. The molecule has 2 aromatic rings. The lowest BCUT2D eigenvalue weighted by molar-refractivity contribution is -0.143. The molecule has 8 nitrogen and oxygen atoms in total. The van der Waals surface area contributed by atoms with Crippen LogP contribution in [-0.4, -0.2) is 45.9 Å². The molecule has 2 N–H and O–H groups in total. The molecule has 0 aromatic heterocycles. The fourth-order valence-corrected chi connectivity index (χ4v) is 2.98. The molecule has 0 fully saturated rings. The Kier molecular flexibility index (Phi) is 6.06. The van der Waals surface area contributed by atoms with Gasteiger partial charge in [-0.25, -0.2) is 13.2 Å². The average molecular weight is 393 g/mol. The van der Waals surface area contributed by atoms with Gasteiger partial charge in [-0.15, -0.1) is 0 Å². The van der Waals surface area contributed by atoms with Crippen LogP contribution in [0, 0.1) is 0 Å². The quantitative estimate of drug-likeness (QED) is 0.713. The summed E-state index contributed by atoms with van der Waals surface area (Å²) in [5.74, 6) is -1.33. The maximum Gasteiger partial charge on any atom is 0.333 e. The van der Waals surface area contributed by atoms with Crippen molar-refractivity contribution in [2.75, 3.05) is 20.5 Å². The van der Waals surface area contributed by atoms with Crippen molar-refractivity contribution in [3.05, 3.63) is 53.6 Å². The summed E-state index contributed by atoms with van der Waals surface area (Å²) in [6, 6.07) is 8.35. The molecule has 1 unspecified atom stereocenters. The number of phenolic OH excluding ortho intramolecular Hbond substituents is 1. The summed E-state index contributed by atoms with van der Waals surface area (Å²) in [6.07, 6.45) is 1.06. The van der Waals surface area contributed by atoms with Gasteiger partial charge in [-0.1, -0.05) is 6.07 Å². The number of rotatable bonds is 6. The number of benzene rings is 2. The first kappa shape index (κ1) is 20.2. The second-order valence-corrected chi connectivity index (χ2v) is 7.67. The molecular formula is C18H19NO7S. The van der Waals surface area contributed by atoms with E-state index in [2.05, 4.69) is 5.32 Å². The Morgan fingerprint density at radius 2 is 1.70 bits per heavy atom. The van der Waals surface area contributed by atoms with Crippen LogP contribution in [0.2, 0.25) is 0 Å². The van der Waals surface area contributed by atoms with E-state index in [4.69, 9.17) is 9.47 Å². The third kappa shape index (κ3) is 4.76. The van der Waals surface area contributed by atoms with Crippen molar-refractivity contribution in [2.24, 2.45) is 0 Å². The van der Waals surface area contributed by atoms with E-state index in [1.165, 1.54) is 56.7 Å². The molecule has 2 rings (SSSR count). The van der Waals surface area contributed by atoms with Crippen LogP contribution in [0.3, 0.4) is 0 Å². The predicted molar refractivity (Wildman–Crippen MR) is 96.4 cm³/mol. The second-order valence-electron chi connectivity index (χ2n) is 5.66. The number of carbonyl (C=O) groups excluding carboxylic acids is 2. The zero-order valence-electron chi connectivity index (χ0n) is 14.9. The van der Waals surface area contributed by atoms with E-state index in [-0.39, 0.29) is 22.0 Å². The predicted octanol–water partition coefficient (Wildman–Crippen LogP) is 1.45. The van der Waals surface area contributed by atoms with E-state index >= 15 is 0 Å². The van der Waals surface area contributed by atoms with Gasteiger partial charge in [0.05, 0.1) is 19.1 Å². The number of aromatic hydroxyl groups is 1. The van der Waals surface area contributed by atoms with Gasteiger partial charge in [-0.3, -0.25) is 4.79 Å². The fraction of sp³-hybridized carbons (Fsp3) is 0.222. The molecule has 0 heterocycles. The van der Waals surface area contributed by atoms with Crippen molar-refractivity contribution in [1.82, 2.24) is 5.32 Å². The SMILES string of the molecule is COC(=O)C(NC(=O)c1ccc(S(C)(=O)=O)cc1)c1ccc(OC)c(O)c1. The Bertz CT molecular complexity index is 952. The third-order valence-corrected chi connectivity index (χ3v) is 4.92. The number of amides is 1. The first-order chi connectivity index (χ1) is 12.7. The van der Waals surface area contributed by atoms with Gasteiger partial charge in [-0.05, 0) is 42.0 Å². The Hall–Kier alpha value is -3.07. The molecule has 0 aliphatic carbocycles. The highest BCUT2D eigenvalue weighted by atomic mass is 32.2. The topological polar surface area (TPSA) is 119 Å². The van der Waals surface area contributed by atoms with Crippen LogP contribution in [0.15, 0.2) is 47.4 Å². The smallest absolute Gasteiger partial charge is 0.333 e. The van der Waals surface area contributed by atoms with Crippen LogP contribution >= 0.6 is 0 Å². The number of esters is 1. The maximum atomic E-state index is 12.5. The van der Waals surface area contributed by atoms with Crippen LogP contribution in [0.1, 0.15) is 22.0 Å². The molecule has 1 atom stereocenters. The van der Waals surface area contributed by atoms with Crippen molar-refractivity contribution in [2.45, 2.75) is 10.9 Å². The highest BCUT2D eigenvalue weighted by Gasteiger charge is 2.25. The number of methoxy groups -OCH3 is 2. The molecule has 27 heavy (non-hydrogen) atoms. The zero-order chi connectivity index (χ0) is 20.2. The fourth-order valence-electron chi connectivity index (χ4n) is 2.35. The number of nitrogens with one attached hydrogen (secondary N) is 1. The summed E-state index contributed by atoms with van der Waals surface area (Å²) in [5.41, 5.74) is 0.454. The highest BCUT2D eigenvalue weighted by Crippen LogP contribution is 2.29. The lowest BCUT2D eigenvalue weighted by atomic mass is 10.1. The third-order valence-electron chi connectivity index (χ3n) is 3.79. The molecule has 0 aliphatic rings. The van der Waals surface area contributed by atoms with Gasteiger partial charge in [0, 0.05) is 11.8 Å². The first-order valence-electron chi connectivity index (χ1n) is 7.73. The Morgan fingerprint density at radius 1 is 1.07 bits per heavy atom. The summed E-state index contributed by atoms with van der Waals surface area (Å²) in [4.78, 5) is 24.6. The molecular weight excluding hydrogens is 374 g/mol. The minimum atomic E-state index is -3.39. The molecule has 0 saturated heterocycles. The van der Waals surface area contributed by atoms with Crippen LogP contribution in [0.5, 0.6) is 11.5 Å². The lowest BCUT2D eigenvalue weighted by Crippen LogP contribution is -2.34. The maximum absolute atomic E-state index is 12.5. The number of hydrogen-bond donors (Lipinski definition) is 2. The van der Waals surface area contributed by atoms with Gasteiger partial charge in [0.1, 0.15) is 0 Å². The van der Waals surface area contributed by atoms with E-state index in [0.717, 1.165) is 6.26 Å². The van der Waals surface area contributed by atoms with E-state index < -0.39 is 27.8 Å². The van der Waals surface area contributed by atoms with Crippen LogP contribution in [0.25, 0.3) is 0 Å². The van der Waals surface area contributed by atoms with Crippen LogP contribution < -0.4 is 10.1 Å². The second kappa shape index (κ2) is 8.09. The molecule has 2 aromatic carbocycles. The molecule has 9 heteroatoms. The minimum absolute atomic E-state index is 0.0728. The molecule has 0 saturated carbocycles. The monoisotopic (exact) mass is 393 g/mol. The van der Waals surface area contributed by atoms with Gasteiger partial charge >= 0.3 is 5.97 Å². The molecule has 0 aliphatic heterocycles. The number of hydrogen-bond acceptors (Lipinski definition) is 7.